The Hall–Kier alpha value is -1.46. The quantitative estimate of drug-likeness (QED) is 0.842. The molecular weight excluding hydrogens is 270 g/mol. The maximum atomic E-state index is 10.8. The van der Waals surface area contributed by atoms with Gasteiger partial charge in [0.25, 0.3) is 0 Å². The molecule has 1 fully saturated rings. The molecule has 118 valence electrons. The maximum absolute atomic E-state index is 10.8. The normalized spacial score (nSPS) is 18.3. The highest BCUT2D eigenvalue weighted by molar-refractivity contribution is 5.54. The largest absolute Gasteiger partial charge is 0.493 e. The average Bonchev–Trinajstić information content (AvgIpc) is 3.02. The number of nitrogens with two attached hydrogens (primary N) is 1. The zero-order chi connectivity index (χ0) is 15.5. The van der Waals surface area contributed by atoms with Crippen molar-refractivity contribution in [2.24, 2.45) is 11.1 Å². The third kappa shape index (κ3) is 2.80. The van der Waals surface area contributed by atoms with Gasteiger partial charge in [0.1, 0.15) is 0 Å². The lowest BCUT2D eigenvalue weighted by atomic mass is 9.77. The lowest BCUT2D eigenvalue weighted by Gasteiger charge is -2.33. The first-order chi connectivity index (χ1) is 10.1. The predicted molar refractivity (Wildman–Crippen MR) is 81.0 cm³/mol. The topological polar surface area (TPSA) is 73.9 Å². The second-order valence-electron chi connectivity index (χ2n) is 5.63. The Labute approximate surface area is 126 Å². The first-order valence-corrected chi connectivity index (χ1v) is 7.30. The van der Waals surface area contributed by atoms with Crippen LogP contribution in [0.4, 0.5) is 0 Å². The molecule has 5 nitrogen and oxygen atoms in total. The van der Waals surface area contributed by atoms with Crippen molar-refractivity contribution in [1.29, 1.82) is 0 Å². The number of aliphatic hydroxyl groups excluding tert-OH is 1. The summed E-state index contributed by atoms with van der Waals surface area (Å²) in [5, 5.41) is 10.8. The van der Waals surface area contributed by atoms with Crippen molar-refractivity contribution in [1.82, 2.24) is 0 Å². The van der Waals surface area contributed by atoms with E-state index >= 15 is 0 Å². The molecule has 0 spiro atoms. The van der Waals surface area contributed by atoms with Crippen LogP contribution in [0.1, 0.15) is 37.4 Å². The van der Waals surface area contributed by atoms with Crippen LogP contribution in [0, 0.1) is 5.41 Å². The fourth-order valence-corrected chi connectivity index (χ4v) is 3.28. The van der Waals surface area contributed by atoms with E-state index in [0.29, 0.717) is 23.8 Å². The van der Waals surface area contributed by atoms with E-state index in [1.165, 1.54) is 0 Å². The summed E-state index contributed by atoms with van der Waals surface area (Å²) in [7, 11) is 4.71. The van der Waals surface area contributed by atoms with Crippen molar-refractivity contribution >= 4 is 0 Å². The first-order valence-electron chi connectivity index (χ1n) is 7.30. The zero-order valence-corrected chi connectivity index (χ0v) is 13.0. The van der Waals surface area contributed by atoms with Crippen LogP contribution in [-0.4, -0.2) is 33.0 Å². The SMILES string of the molecule is COc1cc(C(O)C2(CN)CCCC2)cc(OC)c1OC. The van der Waals surface area contributed by atoms with Crippen LogP contribution in [0.25, 0.3) is 0 Å². The highest BCUT2D eigenvalue weighted by Gasteiger charge is 2.40. The monoisotopic (exact) mass is 295 g/mol. The van der Waals surface area contributed by atoms with Crippen molar-refractivity contribution in [2.75, 3.05) is 27.9 Å². The van der Waals surface area contributed by atoms with Crippen molar-refractivity contribution in [3.05, 3.63) is 17.7 Å². The second kappa shape index (κ2) is 6.54. The molecule has 1 aromatic carbocycles. The summed E-state index contributed by atoms with van der Waals surface area (Å²) < 4.78 is 16.0. The standard InChI is InChI=1S/C16H25NO4/c1-19-12-8-11(9-13(20-2)14(12)21-3)15(18)16(10-17)6-4-5-7-16/h8-9,15,18H,4-7,10,17H2,1-3H3. The van der Waals surface area contributed by atoms with Gasteiger partial charge in [0, 0.05) is 12.0 Å². The van der Waals surface area contributed by atoms with Gasteiger partial charge in [0.2, 0.25) is 5.75 Å². The van der Waals surface area contributed by atoms with Crippen molar-refractivity contribution in [3.63, 3.8) is 0 Å². The van der Waals surface area contributed by atoms with Crippen LogP contribution in [-0.2, 0) is 0 Å². The molecule has 0 saturated heterocycles. The molecule has 1 aromatic rings. The fourth-order valence-electron chi connectivity index (χ4n) is 3.28. The number of methoxy groups -OCH3 is 3. The number of benzene rings is 1. The molecule has 0 aromatic heterocycles. The minimum Gasteiger partial charge on any atom is -0.493 e. The summed E-state index contributed by atoms with van der Waals surface area (Å²) in [5.41, 5.74) is 6.47. The smallest absolute Gasteiger partial charge is 0.203 e. The molecule has 0 radical (unpaired) electrons. The van der Waals surface area contributed by atoms with Crippen molar-refractivity contribution < 1.29 is 19.3 Å². The molecule has 0 amide bonds. The molecule has 1 saturated carbocycles. The molecule has 0 aliphatic heterocycles. The Morgan fingerprint density at radius 3 is 2.00 bits per heavy atom. The molecule has 1 aliphatic carbocycles. The molecule has 21 heavy (non-hydrogen) atoms. The van der Waals surface area contributed by atoms with Gasteiger partial charge in [0.05, 0.1) is 27.4 Å². The van der Waals surface area contributed by atoms with E-state index in [0.717, 1.165) is 31.2 Å². The van der Waals surface area contributed by atoms with Crippen LogP contribution < -0.4 is 19.9 Å². The van der Waals surface area contributed by atoms with Gasteiger partial charge in [-0.25, -0.2) is 0 Å². The van der Waals surface area contributed by atoms with E-state index in [2.05, 4.69) is 0 Å². The molecule has 3 N–H and O–H groups in total. The average molecular weight is 295 g/mol. The summed E-state index contributed by atoms with van der Waals surface area (Å²) >= 11 is 0. The van der Waals surface area contributed by atoms with E-state index in [4.69, 9.17) is 19.9 Å². The van der Waals surface area contributed by atoms with Crippen molar-refractivity contribution in [3.8, 4) is 17.2 Å². The molecule has 0 bridgehead atoms. The van der Waals surface area contributed by atoms with E-state index in [1.807, 2.05) is 12.1 Å². The summed E-state index contributed by atoms with van der Waals surface area (Å²) in [6, 6.07) is 3.61. The van der Waals surface area contributed by atoms with Crippen LogP contribution in [0.3, 0.4) is 0 Å². The van der Waals surface area contributed by atoms with Crippen LogP contribution in [0.2, 0.25) is 0 Å². The van der Waals surface area contributed by atoms with Gasteiger partial charge in [-0.1, -0.05) is 12.8 Å². The number of ether oxygens (including phenoxy) is 3. The highest BCUT2D eigenvalue weighted by atomic mass is 16.5. The third-order valence-corrected chi connectivity index (χ3v) is 4.59. The van der Waals surface area contributed by atoms with Gasteiger partial charge in [-0.3, -0.25) is 0 Å². The zero-order valence-electron chi connectivity index (χ0n) is 13.0. The molecule has 0 heterocycles. The number of aliphatic hydroxyl groups is 1. The van der Waals surface area contributed by atoms with Crippen LogP contribution in [0.5, 0.6) is 17.2 Å². The Kier molecular flexibility index (Phi) is 4.96. The van der Waals surface area contributed by atoms with E-state index in [1.54, 1.807) is 21.3 Å². The van der Waals surface area contributed by atoms with Crippen molar-refractivity contribution in [2.45, 2.75) is 31.8 Å². The summed E-state index contributed by atoms with van der Waals surface area (Å²) in [6.07, 6.45) is 3.48. The Bertz CT molecular complexity index is 458. The Morgan fingerprint density at radius 1 is 1.10 bits per heavy atom. The van der Waals surface area contributed by atoms with E-state index in [9.17, 15) is 5.11 Å². The van der Waals surface area contributed by atoms with E-state index in [-0.39, 0.29) is 5.41 Å². The number of hydrogen-bond donors (Lipinski definition) is 2. The van der Waals surface area contributed by atoms with Gasteiger partial charge < -0.3 is 25.1 Å². The van der Waals surface area contributed by atoms with Gasteiger partial charge in [0.15, 0.2) is 11.5 Å². The van der Waals surface area contributed by atoms with Crippen LogP contribution in [0.15, 0.2) is 12.1 Å². The first kappa shape index (κ1) is 15.9. The molecule has 1 atom stereocenters. The molecule has 1 unspecified atom stereocenters. The lowest BCUT2D eigenvalue weighted by Crippen LogP contribution is -2.34. The summed E-state index contributed by atoms with van der Waals surface area (Å²) in [4.78, 5) is 0. The van der Waals surface area contributed by atoms with Gasteiger partial charge in [-0.2, -0.15) is 0 Å². The minimum atomic E-state index is -0.626. The van der Waals surface area contributed by atoms with Gasteiger partial charge in [-0.15, -0.1) is 0 Å². The molecule has 2 rings (SSSR count). The van der Waals surface area contributed by atoms with Crippen LogP contribution >= 0.6 is 0 Å². The predicted octanol–water partition coefficient (Wildman–Crippen LogP) is 2.26. The molecule has 1 aliphatic rings. The Morgan fingerprint density at radius 2 is 1.62 bits per heavy atom. The minimum absolute atomic E-state index is 0.245. The third-order valence-electron chi connectivity index (χ3n) is 4.59. The molecular formula is C16H25NO4. The Balaban J connectivity index is 2.43. The van der Waals surface area contributed by atoms with Gasteiger partial charge >= 0.3 is 0 Å². The number of hydrogen-bond acceptors (Lipinski definition) is 5. The second-order valence-corrected chi connectivity index (χ2v) is 5.63. The fraction of sp³-hybridized carbons (Fsp3) is 0.625. The number of rotatable bonds is 6. The maximum Gasteiger partial charge on any atom is 0.203 e. The highest BCUT2D eigenvalue weighted by Crippen LogP contribution is 2.49. The summed E-state index contributed by atoms with van der Waals surface area (Å²) in [6.45, 7) is 0.477. The molecule has 5 heteroatoms. The van der Waals surface area contributed by atoms with E-state index < -0.39 is 6.10 Å². The van der Waals surface area contributed by atoms with Gasteiger partial charge in [-0.05, 0) is 30.5 Å². The lowest BCUT2D eigenvalue weighted by molar-refractivity contribution is 0.0329. The summed E-state index contributed by atoms with van der Waals surface area (Å²) in [5.74, 6) is 1.64.